The van der Waals surface area contributed by atoms with Crippen molar-refractivity contribution in [2.45, 2.75) is 38.9 Å². The zero-order valence-corrected chi connectivity index (χ0v) is 16.5. The predicted molar refractivity (Wildman–Crippen MR) is 109 cm³/mol. The molecule has 0 spiro atoms. The van der Waals surface area contributed by atoms with Crippen LogP contribution in [0.5, 0.6) is 0 Å². The number of piperazine rings is 1. The Kier molecular flexibility index (Phi) is 6.60. The van der Waals surface area contributed by atoms with Crippen molar-refractivity contribution in [1.82, 2.24) is 9.80 Å². The van der Waals surface area contributed by atoms with E-state index in [4.69, 9.17) is 5.11 Å². The summed E-state index contributed by atoms with van der Waals surface area (Å²) in [5.41, 5.74) is 2.70. The van der Waals surface area contributed by atoms with E-state index in [9.17, 15) is 9.59 Å². The maximum atomic E-state index is 12.8. The first-order valence-electron chi connectivity index (χ1n) is 9.78. The molecule has 5 heteroatoms. The van der Waals surface area contributed by atoms with E-state index in [1.165, 1.54) is 0 Å². The van der Waals surface area contributed by atoms with Gasteiger partial charge in [0.15, 0.2) is 5.78 Å². The normalized spacial score (nSPS) is 20.2. The molecule has 0 unspecified atom stereocenters. The molecule has 2 aromatic rings. The number of carbonyl (C=O) groups excluding carboxylic acids is 2. The van der Waals surface area contributed by atoms with E-state index in [2.05, 4.69) is 18.7 Å². The number of aliphatic hydroxyl groups excluding tert-OH is 1. The third-order valence-electron chi connectivity index (χ3n) is 5.31. The Hall–Kier alpha value is -2.50. The van der Waals surface area contributed by atoms with Gasteiger partial charge >= 0.3 is 0 Å². The first-order valence-corrected chi connectivity index (χ1v) is 9.78. The van der Waals surface area contributed by atoms with Crippen molar-refractivity contribution in [2.75, 3.05) is 19.7 Å². The molecule has 0 saturated carbocycles. The van der Waals surface area contributed by atoms with Gasteiger partial charge in [0, 0.05) is 37.3 Å². The Labute approximate surface area is 166 Å². The number of benzene rings is 2. The summed E-state index contributed by atoms with van der Waals surface area (Å²) in [4.78, 5) is 28.7. The van der Waals surface area contributed by atoms with Crippen molar-refractivity contribution in [3.05, 3.63) is 71.3 Å². The highest BCUT2D eigenvalue weighted by Gasteiger charge is 2.32. The van der Waals surface area contributed by atoms with Gasteiger partial charge in [-0.3, -0.25) is 14.5 Å². The van der Waals surface area contributed by atoms with Crippen LogP contribution in [0, 0.1) is 0 Å². The molecule has 3 rings (SSSR count). The van der Waals surface area contributed by atoms with Gasteiger partial charge in [0.2, 0.25) is 5.91 Å². The minimum absolute atomic E-state index is 0.148. The second-order valence-electron chi connectivity index (χ2n) is 7.63. The summed E-state index contributed by atoms with van der Waals surface area (Å²) in [7, 11) is 0. The van der Waals surface area contributed by atoms with Crippen LogP contribution >= 0.6 is 0 Å². The van der Waals surface area contributed by atoms with Crippen LogP contribution in [0.25, 0.3) is 0 Å². The minimum atomic E-state index is -0.465. The van der Waals surface area contributed by atoms with E-state index in [0.29, 0.717) is 12.0 Å². The molecule has 1 amide bonds. The summed E-state index contributed by atoms with van der Waals surface area (Å²) in [6.07, 6.45) is 0.440. The van der Waals surface area contributed by atoms with E-state index in [0.717, 1.165) is 30.8 Å². The maximum absolute atomic E-state index is 12.8. The second kappa shape index (κ2) is 9.13. The Balaban J connectivity index is 1.59. The molecule has 0 bridgehead atoms. The molecular formula is C23H28N2O3. The fraction of sp³-hybridized carbons (Fsp3) is 0.391. The van der Waals surface area contributed by atoms with Crippen LogP contribution in [-0.4, -0.2) is 58.4 Å². The molecule has 1 fully saturated rings. The van der Waals surface area contributed by atoms with Gasteiger partial charge in [-0.15, -0.1) is 0 Å². The lowest BCUT2D eigenvalue weighted by Gasteiger charge is -2.44. The maximum Gasteiger partial charge on any atom is 0.227 e. The largest absolute Gasteiger partial charge is 0.388 e. The van der Waals surface area contributed by atoms with Crippen molar-refractivity contribution < 1.29 is 14.7 Å². The lowest BCUT2D eigenvalue weighted by molar-refractivity contribution is -0.138. The topological polar surface area (TPSA) is 60.9 Å². The SMILES string of the molecule is C[C@@H]1CN(Cc2ccc(C(=O)CO)cc2)C[C@H](C)N1C(=O)Cc1ccccc1. The van der Waals surface area contributed by atoms with Crippen LogP contribution in [0.1, 0.15) is 35.3 Å². The lowest BCUT2D eigenvalue weighted by atomic mass is 10.0. The fourth-order valence-electron chi connectivity index (χ4n) is 4.06. The van der Waals surface area contributed by atoms with Crippen molar-refractivity contribution in [2.24, 2.45) is 0 Å². The predicted octanol–water partition coefficient (Wildman–Crippen LogP) is 2.53. The number of rotatable bonds is 6. The van der Waals surface area contributed by atoms with Gasteiger partial charge in [0.1, 0.15) is 6.61 Å². The number of aliphatic hydroxyl groups is 1. The summed E-state index contributed by atoms with van der Waals surface area (Å²) >= 11 is 0. The number of hydrogen-bond acceptors (Lipinski definition) is 4. The molecule has 0 aromatic heterocycles. The fourth-order valence-corrected chi connectivity index (χ4v) is 4.06. The molecule has 5 nitrogen and oxygen atoms in total. The van der Waals surface area contributed by atoms with Crippen LogP contribution in [0.2, 0.25) is 0 Å². The van der Waals surface area contributed by atoms with Gasteiger partial charge < -0.3 is 10.0 Å². The second-order valence-corrected chi connectivity index (χ2v) is 7.63. The molecule has 0 radical (unpaired) electrons. The summed E-state index contributed by atoms with van der Waals surface area (Å²) in [5.74, 6) is -0.0861. The highest BCUT2D eigenvalue weighted by Crippen LogP contribution is 2.20. The number of nitrogens with zero attached hydrogens (tertiary/aromatic N) is 2. The summed E-state index contributed by atoms with van der Waals surface area (Å²) in [6, 6.07) is 17.6. The average molecular weight is 380 g/mol. The summed E-state index contributed by atoms with van der Waals surface area (Å²) in [5, 5.41) is 8.95. The molecule has 1 saturated heterocycles. The molecule has 1 aliphatic rings. The first-order chi connectivity index (χ1) is 13.5. The Morgan fingerprint density at radius 1 is 0.929 bits per heavy atom. The highest BCUT2D eigenvalue weighted by molar-refractivity contribution is 5.96. The van der Waals surface area contributed by atoms with Crippen LogP contribution in [-0.2, 0) is 17.8 Å². The summed E-state index contributed by atoms with van der Waals surface area (Å²) < 4.78 is 0. The molecular weight excluding hydrogens is 352 g/mol. The van der Waals surface area contributed by atoms with E-state index >= 15 is 0 Å². The quantitative estimate of drug-likeness (QED) is 0.783. The number of Topliss-reactive ketones (excluding diaryl/α,β-unsaturated/α-hetero) is 1. The molecule has 148 valence electrons. The van der Waals surface area contributed by atoms with E-state index in [-0.39, 0.29) is 23.8 Å². The first kappa shape index (κ1) is 20.2. The Morgan fingerprint density at radius 3 is 2.11 bits per heavy atom. The third kappa shape index (κ3) is 4.86. The molecule has 28 heavy (non-hydrogen) atoms. The average Bonchev–Trinajstić information content (AvgIpc) is 2.68. The monoisotopic (exact) mass is 380 g/mol. The third-order valence-corrected chi connectivity index (χ3v) is 5.31. The zero-order valence-electron chi connectivity index (χ0n) is 16.5. The zero-order chi connectivity index (χ0) is 20.1. The van der Waals surface area contributed by atoms with E-state index in [1.807, 2.05) is 47.4 Å². The lowest BCUT2D eigenvalue weighted by Crippen LogP contribution is -2.58. The van der Waals surface area contributed by atoms with Gasteiger partial charge in [-0.05, 0) is 25.0 Å². The van der Waals surface area contributed by atoms with Crippen molar-refractivity contribution in [3.8, 4) is 0 Å². The van der Waals surface area contributed by atoms with E-state index < -0.39 is 6.61 Å². The Bertz CT molecular complexity index is 792. The molecule has 1 aliphatic heterocycles. The van der Waals surface area contributed by atoms with Crippen molar-refractivity contribution in [1.29, 1.82) is 0 Å². The van der Waals surface area contributed by atoms with Gasteiger partial charge in [0.25, 0.3) is 0 Å². The molecule has 1 heterocycles. The number of hydrogen-bond donors (Lipinski definition) is 1. The Morgan fingerprint density at radius 2 is 1.54 bits per heavy atom. The molecule has 0 aliphatic carbocycles. The van der Waals surface area contributed by atoms with Crippen molar-refractivity contribution >= 4 is 11.7 Å². The van der Waals surface area contributed by atoms with Crippen molar-refractivity contribution in [3.63, 3.8) is 0 Å². The van der Waals surface area contributed by atoms with Gasteiger partial charge in [-0.2, -0.15) is 0 Å². The minimum Gasteiger partial charge on any atom is -0.388 e. The van der Waals surface area contributed by atoms with Crippen LogP contribution in [0.15, 0.2) is 54.6 Å². The van der Waals surface area contributed by atoms with Crippen LogP contribution < -0.4 is 0 Å². The van der Waals surface area contributed by atoms with Gasteiger partial charge in [-0.25, -0.2) is 0 Å². The number of amides is 1. The van der Waals surface area contributed by atoms with Gasteiger partial charge in [-0.1, -0.05) is 54.6 Å². The molecule has 1 N–H and O–H groups in total. The summed E-state index contributed by atoms with van der Waals surface area (Å²) in [6.45, 7) is 6.17. The van der Waals surface area contributed by atoms with Crippen LogP contribution in [0.3, 0.4) is 0 Å². The molecule has 2 atom stereocenters. The smallest absolute Gasteiger partial charge is 0.227 e. The number of carbonyl (C=O) groups is 2. The van der Waals surface area contributed by atoms with E-state index in [1.54, 1.807) is 12.1 Å². The van der Waals surface area contributed by atoms with Crippen LogP contribution in [0.4, 0.5) is 0 Å². The number of ketones is 1. The van der Waals surface area contributed by atoms with Gasteiger partial charge in [0.05, 0.1) is 6.42 Å². The standard InChI is InChI=1S/C23H28N2O3/c1-17-13-24(15-20-8-10-21(11-9-20)22(27)16-26)14-18(2)25(17)23(28)12-19-6-4-3-5-7-19/h3-11,17-18,26H,12-16H2,1-2H3/t17-,18+. The molecule has 2 aromatic carbocycles. The highest BCUT2D eigenvalue weighted by atomic mass is 16.3.